The summed E-state index contributed by atoms with van der Waals surface area (Å²) < 4.78 is 10.4. The Morgan fingerprint density at radius 1 is 1.11 bits per heavy atom. The molecule has 35 heavy (non-hydrogen) atoms. The van der Waals surface area contributed by atoms with Crippen molar-refractivity contribution in [2.24, 2.45) is 0 Å². The number of carbonyl (C=O) groups excluding carboxylic acids is 4. The average Bonchev–Trinajstić information content (AvgIpc) is 3.43. The Kier molecular flexibility index (Phi) is 8.71. The zero-order chi connectivity index (χ0) is 25.6. The number of ether oxygens (including phenoxy) is 2. The average molecular weight is 503 g/mol. The first-order valence-corrected chi connectivity index (χ1v) is 12.0. The van der Waals surface area contributed by atoms with Crippen molar-refractivity contribution >= 4 is 34.8 Å². The van der Waals surface area contributed by atoms with E-state index in [1.807, 2.05) is 30.3 Å². The van der Waals surface area contributed by atoms with Gasteiger partial charge in [0.1, 0.15) is 22.6 Å². The molecule has 3 rings (SSSR count). The van der Waals surface area contributed by atoms with Gasteiger partial charge in [0.2, 0.25) is 11.8 Å². The van der Waals surface area contributed by atoms with E-state index in [2.05, 4.69) is 20.9 Å². The summed E-state index contributed by atoms with van der Waals surface area (Å²) >= 11 is 1.20. The zero-order valence-corrected chi connectivity index (χ0v) is 20.9. The van der Waals surface area contributed by atoms with E-state index in [4.69, 9.17) is 9.47 Å². The molecule has 0 spiro atoms. The van der Waals surface area contributed by atoms with Crippen LogP contribution in [0.15, 0.2) is 36.5 Å². The van der Waals surface area contributed by atoms with Gasteiger partial charge >= 0.3 is 0 Å². The molecule has 2 aromatic rings. The highest BCUT2D eigenvalue weighted by Gasteiger charge is 2.50. The molecule has 188 valence electrons. The van der Waals surface area contributed by atoms with Crippen molar-refractivity contribution in [3.63, 3.8) is 0 Å². The third kappa shape index (κ3) is 7.17. The number of benzene rings is 1. The second kappa shape index (κ2) is 11.5. The van der Waals surface area contributed by atoms with E-state index in [1.54, 1.807) is 13.8 Å². The highest BCUT2D eigenvalue weighted by molar-refractivity contribution is 7.13. The van der Waals surface area contributed by atoms with Gasteiger partial charge < -0.3 is 25.4 Å². The SMILES string of the molecule is COCC(NC(=O)c1cnc(C)s1)C(=O)N[C@@H](C)C(=O)NC(Cc1ccccc1)C(=O)[C@@]1(C)CO1. The van der Waals surface area contributed by atoms with E-state index < -0.39 is 41.4 Å². The monoisotopic (exact) mass is 502 g/mol. The molecule has 0 aliphatic carbocycles. The number of Topliss-reactive ketones (excluding diaryl/α,β-unsaturated/α-hetero) is 1. The fourth-order valence-corrected chi connectivity index (χ4v) is 4.08. The Bertz CT molecular complexity index is 1070. The molecule has 11 heteroatoms. The number of amides is 3. The first kappa shape index (κ1) is 26.5. The molecule has 1 aromatic carbocycles. The van der Waals surface area contributed by atoms with Crippen LogP contribution < -0.4 is 16.0 Å². The standard InChI is InChI=1S/C24H30N4O6S/c1-14(26-22(31)18(12-33-4)28-23(32)19-11-25-15(2)35-19)21(30)27-17(20(29)24(3)13-34-24)10-16-8-6-5-7-9-16/h5-9,11,14,17-18H,10,12-13H2,1-4H3,(H,26,31)(H,27,30)(H,28,32)/t14-,17?,18?,24+/m0/s1. The fourth-order valence-electron chi connectivity index (χ4n) is 3.40. The van der Waals surface area contributed by atoms with Crippen LogP contribution in [-0.2, 0) is 30.3 Å². The lowest BCUT2D eigenvalue weighted by molar-refractivity contribution is -0.133. The van der Waals surface area contributed by atoms with Gasteiger partial charge in [-0.15, -0.1) is 11.3 Å². The zero-order valence-electron chi connectivity index (χ0n) is 20.1. The number of carbonyl (C=O) groups is 4. The molecule has 1 aliphatic heterocycles. The lowest BCUT2D eigenvalue weighted by Crippen LogP contribution is -2.56. The molecular weight excluding hydrogens is 472 g/mol. The normalized spacial score (nSPS) is 19.2. The molecule has 4 atom stereocenters. The Balaban J connectivity index is 1.62. The second-order valence-corrected chi connectivity index (χ2v) is 9.82. The number of ketones is 1. The van der Waals surface area contributed by atoms with Crippen molar-refractivity contribution in [1.82, 2.24) is 20.9 Å². The number of epoxide rings is 1. The van der Waals surface area contributed by atoms with Gasteiger partial charge in [-0.25, -0.2) is 4.98 Å². The van der Waals surface area contributed by atoms with Gasteiger partial charge in [-0.1, -0.05) is 30.3 Å². The van der Waals surface area contributed by atoms with E-state index in [0.29, 0.717) is 17.9 Å². The van der Waals surface area contributed by atoms with Crippen LogP contribution in [-0.4, -0.2) is 72.5 Å². The van der Waals surface area contributed by atoms with Gasteiger partial charge in [0, 0.05) is 7.11 Å². The molecule has 1 fully saturated rings. The van der Waals surface area contributed by atoms with Crippen LogP contribution in [0.2, 0.25) is 0 Å². The fraction of sp³-hybridized carbons (Fsp3) is 0.458. The molecule has 1 saturated heterocycles. The number of thiazole rings is 1. The van der Waals surface area contributed by atoms with Crippen LogP contribution >= 0.6 is 11.3 Å². The topological polar surface area (TPSA) is 139 Å². The third-order valence-corrected chi connectivity index (χ3v) is 6.48. The molecule has 3 N–H and O–H groups in total. The highest BCUT2D eigenvalue weighted by Crippen LogP contribution is 2.29. The van der Waals surface area contributed by atoms with Crippen molar-refractivity contribution in [1.29, 1.82) is 0 Å². The van der Waals surface area contributed by atoms with Crippen molar-refractivity contribution in [3.05, 3.63) is 52.0 Å². The summed E-state index contributed by atoms with van der Waals surface area (Å²) in [5.41, 5.74) is -0.0320. The third-order valence-electron chi connectivity index (χ3n) is 5.57. The summed E-state index contributed by atoms with van der Waals surface area (Å²) in [6, 6.07) is 6.51. The highest BCUT2D eigenvalue weighted by atomic mass is 32.1. The number of aryl methyl sites for hydroxylation is 1. The van der Waals surface area contributed by atoms with Gasteiger partial charge in [-0.3, -0.25) is 19.2 Å². The maximum absolute atomic E-state index is 13.0. The van der Waals surface area contributed by atoms with E-state index in [9.17, 15) is 19.2 Å². The van der Waals surface area contributed by atoms with Crippen LogP contribution in [0.5, 0.6) is 0 Å². The summed E-state index contributed by atoms with van der Waals surface area (Å²) in [5, 5.41) is 8.66. The molecule has 3 amide bonds. The van der Waals surface area contributed by atoms with Crippen molar-refractivity contribution in [3.8, 4) is 0 Å². The summed E-state index contributed by atoms with van der Waals surface area (Å²) in [5.74, 6) is -1.81. The first-order valence-electron chi connectivity index (χ1n) is 11.2. The number of rotatable bonds is 12. The predicted octanol–water partition coefficient (Wildman–Crippen LogP) is 0.787. The summed E-state index contributed by atoms with van der Waals surface area (Å²) in [7, 11) is 1.40. The molecule has 1 aliphatic rings. The van der Waals surface area contributed by atoms with Gasteiger partial charge in [0.15, 0.2) is 5.78 Å². The Hall–Kier alpha value is -3.15. The number of nitrogens with zero attached hydrogens (tertiary/aromatic N) is 1. The van der Waals surface area contributed by atoms with Crippen LogP contribution in [0.1, 0.15) is 34.1 Å². The van der Waals surface area contributed by atoms with E-state index >= 15 is 0 Å². The molecule has 0 saturated carbocycles. The van der Waals surface area contributed by atoms with Crippen molar-refractivity contribution < 1.29 is 28.7 Å². The number of hydrogen-bond donors (Lipinski definition) is 3. The second-order valence-electron chi connectivity index (χ2n) is 8.59. The number of methoxy groups -OCH3 is 1. The van der Waals surface area contributed by atoms with Crippen molar-refractivity contribution in [2.75, 3.05) is 20.3 Å². The van der Waals surface area contributed by atoms with E-state index in [1.165, 1.54) is 31.6 Å². The van der Waals surface area contributed by atoms with Crippen LogP contribution in [0.3, 0.4) is 0 Å². The van der Waals surface area contributed by atoms with E-state index in [-0.39, 0.29) is 12.4 Å². The Labute approximate surface area is 207 Å². The molecule has 10 nitrogen and oxygen atoms in total. The molecule has 0 bridgehead atoms. The van der Waals surface area contributed by atoms with Crippen LogP contribution in [0, 0.1) is 6.92 Å². The van der Waals surface area contributed by atoms with Gasteiger partial charge in [-0.05, 0) is 32.8 Å². The molecule has 0 radical (unpaired) electrons. The maximum Gasteiger partial charge on any atom is 0.263 e. The quantitative estimate of drug-likeness (QED) is 0.365. The van der Waals surface area contributed by atoms with Crippen LogP contribution in [0.4, 0.5) is 0 Å². The van der Waals surface area contributed by atoms with Crippen molar-refractivity contribution in [2.45, 2.75) is 50.9 Å². The molecule has 2 heterocycles. The maximum atomic E-state index is 13.0. The molecular formula is C24H30N4O6S. The largest absolute Gasteiger partial charge is 0.382 e. The predicted molar refractivity (Wildman–Crippen MR) is 129 cm³/mol. The minimum absolute atomic E-state index is 0.0888. The van der Waals surface area contributed by atoms with Gasteiger partial charge in [0.05, 0.1) is 30.5 Å². The number of aromatic nitrogens is 1. The minimum atomic E-state index is -1.02. The first-order chi connectivity index (χ1) is 16.6. The summed E-state index contributed by atoms with van der Waals surface area (Å²) in [4.78, 5) is 55.6. The number of nitrogens with one attached hydrogen (secondary N) is 3. The lowest BCUT2D eigenvalue weighted by atomic mass is 9.94. The Morgan fingerprint density at radius 2 is 1.80 bits per heavy atom. The van der Waals surface area contributed by atoms with Gasteiger partial charge in [-0.2, -0.15) is 0 Å². The minimum Gasteiger partial charge on any atom is -0.382 e. The summed E-state index contributed by atoms with van der Waals surface area (Å²) in [6.07, 6.45) is 1.72. The molecule has 2 unspecified atom stereocenters. The van der Waals surface area contributed by atoms with Gasteiger partial charge in [0.25, 0.3) is 5.91 Å². The lowest BCUT2D eigenvalue weighted by Gasteiger charge is -2.24. The van der Waals surface area contributed by atoms with Crippen LogP contribution in [0.25, 0.3) is 0 Å². The summed E-state index contributed by atoms with van der Waals surface area (Å²) in [6.45, 7) is 5.18. The molecule has 1 aromatic heterocycles. The smallest absolute Gasteiger partial charge is 0.263 e. The van der Waals surface area contributed by atoms with E-state index in [0.717, 1.165) is 10.6 Å². The number of hydrogen-bond acceptors (Lipinski definition) is 8. The Morgan fingerprint density at radius 3 is 2.37 bits per heavy atom.